The Morgan fingerprint density at radius 1 is 1.53 bits per heavy atom. The summed E-state index contributed by atoms with van der Waals surface area (Å²) >= 11 is 5.74. The third kappa shape index (κ3) is 5.94. The van der Waals surface area contributed by atoms with Crippen LogP contribution in [-0.4, -0.2) is 23.3 Å². The molecule has 1 aromatic carbocycles. The van der Waals surface area contributed by atoms with E-state index >= 15 is 0 Å². The minimum Gasteiger partial charge on any atom is -0.497 e. The zero-order chi connectivity index (χ0) is 13.4. The van der Waals surface area contributed by atoms with E-state index in [-0.39, 0.29) is 6.61 Å². The van der Waals surface area contributed by atoms with Gasteiger partial charge in [0.05, 0.1) is 13.7 Å². The van der Waals surface area contributed by atoms with Crippen LogP contribution < -0.4 is 4.74 Å². The first-order valence-electron chi connectivity index (χ1n) is 4.74. The molecule has 0 spiro atoms. The van der Waals surface area contributed by atoms with Crippen molar-refractivity contribution in [1.82, 2.24) is 0 Å². The molecule has 0 heterocycles. The molecular weight excluding hydrogens is 244 g/mol. The molecule has 0 aliphatic rings. The highest BCUT2D eigenvalue weighted by Crippen LogP contribution is 2.25. The van der Waals surface area contributed by atoms with Gasteiger partial charge >= 0.3 is 0 Å². The molecule has 0 saturated carbocycles. The summed E-state index contributed by atoms with van der Waals surface area (Å²) in [5.74, 6) is -0.134. The smallest absolute Gasteiger partial charge is 0.300 e. The van der Waals surface area contributed by atoms with Crippen molar-refractivity contribution in [2.45, 2.75) is 13.5 Å². The summed E-state index contributed by atoms with van der Waals surface area (Å²) < 4.78 is 5.01. The maximum absolute atomic E-state index is 9.03. The molecule has 1 rings (SSSR count). The van der Waals surface area contributed by atoms with E-state index in [2.05, 4.69) is 6.58 Å². The van der Waals surface area contributed by atoms with Gasteiger partial charge in [-0.3, -0.25) is 4.79 Å². The Hall–Kier alpha value is -1.52. The van der Waals surface area contributed by atoms with Gasteiger partial charge < -0.3 is 14.9 Å². The van der Waals surface area contributed by atoms with Gasteiger partial charge in [-0.2, -0.15) is 0 Å². The summed E-state index contributed by atoms with van der Waals surface area (Å²) in [6, 6.07) is 5.30. The summed E-state index contributed by atoms with van der Waals surface area (Å²) in [6.45, 7) is 4.62. The molecule has 0 amide bonds. The van der Waals surface area contributed by atoms with Crippen LogP contribution in [0.3, 0.4) is 0 Å². The van der Waals surface area contributed by atoms with Crippen molar-refractivity contribution >= 4 is 22.6 Å². The standard InChI is InChI=1S/C10H11ClO2.C2H4O2/c1-7(11)10-4-3-9(13-2)5-8(10)6-12;1-2(3)4/h3-5,12H,1,6H2,2H3;1H3,(H,3,4). The van der Waals surface area contributed by atoms with E-state index in [4.69, 9.17) is 31.3 Å². The van der Waals surface area contributed by atoms with Crippen molar-refractivity contribution in [3.05, 3.63) is 35.9 Å². The van der Waals surface area contributed by atoms with Gasteiger partial charge in [-0.15, -0.1) is 0 Å². The number of hydrogen-bond acceptors (Lipinski definition) is 3. The SMILES string of the molecule is C=C(Cl)c1ccc(OC)cc1CO.CC(=O)O. The molecule has 0 saturated heterocycles. The topological polar surface area (TPSA) is 66.8 Å². The van der Waals surface area contributed by atoms with Crippen molar-refractivity contribution in [3.8, 4) is 5.75 Å². The highest BCUT2D eigenvalue weighted by Gasteiger charge is 2.04. The Kier molecular flexibility index (Phi) is 7.02. The quantitative estimate of drug-likeness (QED) is 0.874. The molecule has 5 heteroatoms. The van der Waals surface area contributed by atoms with Crippen molar-refractivity contribution in [3.63, 3.8) is 0 Å². The van der Waals surface area contributed by atoms with Gasteiger partial charge in [-0.1, -0.05) is 18.2 Å². The molecule has 4 nitrogen and oxygen atoms in total. The van der Waals surface area contributed by atoms with E-state index in [1.54, 1.807) is 25.3 Å². The Morgan fingerprint density at radius 2 is 2.06 bits per heavy atom. The van der Waals surface area contributed by atoms with E-state index in [1.807, 2.05) is 0 Å². The van der Waals surface area contributed by atoms with Crippen molar-refractivity contribution in [2.24, 2.45) is 0 Å². The molecule has 0 aromatic heterocycles. The van der Waals surface area contributed by atoms with Gasteiger partial charge in [-0.25, -0.2) is 0 Å². The molecule has 0 bridgehead atoms. The van der Waals surface area contributed by atoms with Crippen LogP contribution >= 0.6 is 11.6 Å². The first kappa shape index (κ1) is 15.5. The molecule has 2 N–H and O–H groups in total. The molecule has 0 aliphatic carbocycles. The number of rotatable bonds is 3. The van der Waals surface area contributed by atoms with Crippen LogP contribution in [0.5, 0.6) is 5.75 Å². The van der Waals surface area contributed by atoms with Gasteiger partial charge in [0.15, 0.2) is 0 Å². The fourth-order valence-electron chi connectivity index (χ4n) is 1.09. The summed E-state index contributed by atoms with van der Waals surface area (Å²) in [5.41, 5.74) is 1.48. The summed E-state index contributed by atoms with van der Waals surface area (Å²) in [5, 5.41) is 16.9. The van der Waals surface area contributed by atoms with Gasteiger partial charge in [0.1, 0.15) is 5.75 Å². The maximum atomic E-state index is 9.03. The van der Waals surface area contributed by atoms with Crippen molar-refractivity contribution in [2.75, 3.05) is 7.11 Å². The Labute approximate surface area is 105 Å². The number of aliphatic hydroxyl groups is 1. The Bertz CT molecular complexity index is 397. The van der Waals surface area contributed by atoms with Crippen LogP contribution in [-0.2, 0) is 11.4 Å². The fourth-order valence-corrected chi connectivity index (χ4v) is 1.28. The first-order valence-corrected chi connectivity index (χ1v) is 5.12. The van der Waals surface area contributed by atoms with Crippen LogP contribution in [0.25, 0.3) is 5.03 Å². The van der Waals surface area contributed by atoms with E-state index in [0.717, 1.165) is 18.1 Å². The number of carboxylic acids is 1. The minimum absolute atomic E-state index is 0.0712. The number of halogens is 1. The highest BCUT2D eigenvalue weighted by molar-refractivity contribution is 6.48. The third-order valence-electron chi connectivity index (χ3n) is 1.78. The van der Waals surface area contributed by atoms with Crippen LogP contribution in [0.2, 0.25) is 0 Å². The van der Waals surface area contributed by atoms with E-state index in [1.165, 1.54) is 0 Å². The largest absolute Gasteiger partial charge is 0.497 e. The minimum atomic E-state index is -0.833. The summed E-state index contributed by atoms with van der Waals surface area (Å²) in [4.78, 5) is 9.00. The van der Waals surface area contributed by atoms with E-state index in [9.17, 15) is 0 Å². The van der Waals surface area contributed by atoms with Gasteiger partial charge in [0, 0.05) is 12.0 Å². The average Bonchev–Trinajstić information content (AvgIpc) is 2.27. The highest BCUT2D eigenvalue weighted by atomic mass is 35.5. The second kappa shape index (κ2) is 7.70. The lowest BCUT2D eigenvalue weighted by Crippen LogP contribution is -1.92. The van der Waals surface area contributed by atoms with Crippen LogP contribution in [0.15, 0.2) is 24.8 Å². The van der Waals surface area contributed by atoms with E-state index < -0.39 is 5.97 Å². The number of carbonyl (C=O) groups is 1. The van der Waals surface area contributed by atoms with Crippen molar-refractivity contribution < 1.29 is 19.7 Å². The number of hydrogen-bond donors (Lipinski definition) is 2. The van der Waals surface area contributed by atoms with Gasteiger partial charge in [-0.05, 0) is 29.3 Å². The second-order valence-electron chi connectivity index (χ2n) is 3.11. The summed E-state index contributed by atoms with van der Waals surface area (Å²) in [6.07, 6.45) is 0. The van der Waals surface area contributed by atoms with E-state index in [0.29, 0.717) is 10.8 Å². The molecular formula is C12H15ClO4. The van der Waals surface area contributed by atoms with Crippen LogP contribution in [0.4, 0.5) is 0 Å². The molecule has 0 fully saturated rings. The Morgan fingerprint density at radius 3 is 2.41 bits per heavy atom. The fraction of sp³-hybridized carbons (Fsp3) is 0.250. The second-order valence-corrected chi connectivity index (χ2v) is 3.56. The molecule has 0 aliphatic heterocycles. The van der Waals surface area contributed by atoms with Crippen LogP contribution in [0, 0.1) is 0 Å². The lowest BCUT2D eigenvalue weighted by Gasteiger charge is -2.07. The lowest BCUT2D eigenvalue weighted by molar-refractivity contribution is -0.134. The molecule has 17 heavy (non-hydrogen) atoms. The summed E-state index contributed by atoms with van der Waals surface area (Å²) in [7, 11) is 1.58. The first-order chi connectivity index (χ1) is 7.92. The molecule has 1 aromatic rings. The van der Waals surface area contributed by atoms with Gasteiger partial charge in [0.2, 0.25) is 0 Å². The number of benzene rings is 1. The molecule has 0 radical (unpaired) electrons. The average molecular weight is 259 g/mol. The number of methoxy groups -OCH3 is 1. The predicted molar refractivity (Wildman–Crippen MR) is 67.1 cm³/mol. The lowest BCUT2D eigenvalue weighted by atomic mass is 10.1. The normalized spacial score (nSPS) is 8.94. The number of aliphatic hydroxyl groups excluding tert-OH is 1. The predicted octanol–water partition coefficient (Wildman–Crippen LogP) is 2.49. The van der Waals surface area contributed by atoms with Crippen LogP contribution in [0.1, 0.15) is 18.1 Å². The monoisotopic (exact) mass is 258 g/mol. The molecule has 0 unspecified atom stereocenters. The Balaban J connectivity index is 0.000000557. The maximum Gasteiger partial charge on any atom is 0.300 e. The molecule has 94 valence electrons. The number of aliphatic carboxylic acids is 1. The zero-order valence-corrected chi connectivity index (χ0v) is 10.5. The van der Waals surface area contributed by atoms with Crippen molar-refractivity contribution in [1.29, 1.82) is 0 Å². The number of ether oxygens (including phenoxy) is 1. The zero-order valence-electron chi connectivity index (χ0n) is 9.74. The third-order valence-corrected chi connectivity index (χ3v) is 1.98. The van der Waals surface area contributed by atoms with Gasteiger partial charge in [0.25, 0.3) is 5.97 Å². The molecule has 0 atom stereocenters. The number of carboxylic acid groups (broad SMARTS) is 1.